The van der Waals surface area contributed by atoms with Gasteiger partial charge in [0, 0.05) is 6.42 Å². The van der Waals surface area contributed by atoms with Gasteiger partial charge in [-0.2, -0.15) is 57.1 Å². The molecule has 0 aromatic rings. The van der Waals surface area contributed by atoms with Crippen LogP contribution in [0.25, 0.3) is 0 Å². The van der Waals surface area contributed by atoms with Crippen LogP contribution in [0.15, 0.2) is 0 Å². The molecule has 0 aromatic heterocycles. The van der Waals surface area contributed by atoms with Crippen LogP contribution >= 0.6 is 0 Å². The van der Waals surface area contributed by atoms with Crippen molar-refractivity contribution in [2.45, 2.75) is 107 Å². The van der Waals surface area contributed by atoms with Crippen LogP contribution in [0.5, 0.6) is 0 Å². The maximum absolute atomic E-state index is 14.4. The zero-order chi connectivity index (χ0) is 30.5. The molecular formula is C17H31F13O3Si4. The lowest BCUT2D eigenvalue weighted by atomic mass is 9.93. The fourth-order valence-electron chi connectivity index (χ4n) is 3.39. The Morgan fingerprint density at radius 1 is 0.459 bits per heavy atom. The zero-order valence-corrected chi connectivity index (χ0v) is 25.6. The van der Waals surface area contributed by atoms with Gasteiger partial charge in [0.15, 0.2) is 16.6 Å². The van der Waals surface area contributed by atoms with Gasteiger partial charge in [-0.15, -0.1) is 0 Å². The van der Waals surface area contributed by atoms with Crippen molar-refractivity contribution >= 4 is 33.8 Å². The molecule has 0 saturated carbocycles. The summed E-state index contributed by atoms with van der Waals surface area (Å²) in [6.45, 7) is 14.0. The van der Waals surface area contributed by atoms with Crippen molar-refractivity contribution in [3.05, 3.63) is 0 Å². The van der Waals surface area contributed by atoms with Crippen molar-refractivity contribution < 1.29 is 69.4 Å². The van der Waals surface area contributed by atoms with E-state index in [1.54, 1.807) is 39.3 Å². The van der Waals surface area contributed by atoms with E-state index in [1.165, 1.54) is 13.1 Å². The Kier molecular flexibility index (Phi) is 10.3. The molecule has 0 saturated heterocycles. The molecule has 3 nitrogen and oxygen atoms in total. The first-order chi connectivity index (χ1) is 15.6. The van der Waals surface area contributed by atoms with Crippen LogP contribution in [0.4, 0.5) is 57.1 Å². The molecule has 0 heterocycles. The van der Waals surface area contributed by atoms with Crippen molar-refractivity contribution in [1.29, 1.82) is 0 Å². The van der Waals surface area contributed by atoms with E-state index < -0.39 is 82.0 Å². The summed E-state index contributed by atoms with van der Waals surface area (Å²) < 4.78 is 192. The van der Waals surface area contributed by atoms with E-state index in [1.807, 2.05) is 0 Å². The molecule has 0 bridgehead atoms. The first-order valence-corrected chi connectivity index (χ1v) is 22.8. The van der Waals surface area contributed by atoms with E-state index in [4.69, 9.17) is 12.3 Å². The molecule has 0 aliphatic rings. The second-order valence-electron chi connectivity index (χ2n) is 11.1. The molecule has 0 aliphatic carbocycles. The molecule has 1 unspecified atom stereocenters. The maximum Gasteiger partial charge on any atom is 0.460 e. The van der Waals surface area contributed by atoms with E-state index in [0.29, 0.717) is 0 Å². The fraction of sp³-hybridized carbons (Fsp3) is 1.00. The van der Waals surface area contributed by atoms with Gasteiger partial charge in [-0.25, -0.2) is 0 Å². The highest BCUT2D eigenvalue weighted by atomic mass is 28.5. The topological polar surface area (TPSA) is 27.7 Å². The van der Waals surface area contributed by atoms with E-state index >= 15 is 0 Å². The second kappa shape index (κ2) is 10.3. The summed E-state index contributed by atoms with van der Waals surface area (Å²) in [7, 11) is -12.3. The second-order valence-corrected chi connectivity index (χ2v) is 27.5. The molecule has 0 aliphatic heterocycles. The number of rotatable bonds is 13. The number of hydrogen-bond acceptors (Lipinski definition) is 3. The van der Waals surface area contributed by atoms with Gasteiger partial charge in [0.25, 0.3) is 0 Å². The molecule has 0 aromatic carbocycles. The molecule has 224 valence electrons. The third kappa shape index (κ3) is 8.41. The minimum Gasteiger partial charge on any atom is -0.437 e. The van der Waals surface area contributed by atoms with E-state index in [2.05, 4.69) is 0 Å². The van der Waals surface area contributed by atoms with Gasteiger partial charge in [0.2, 0.25) is 0 Å². The third-order valence-corrected chi connectivity index (χ3v) is 17.9. The Morgan fingerprint density at radius 2 is 0.811 bits per heavy atom. The smallest absolute Gasteiger partial charge is 0.437 e. The van der Waals surface area contributed by atoms with Crippen LogP contribution in [0.2, 0.25) is 65.0 Å². The first-order valence-electron chi connectivity index (χ1n) is 10.6. The number of hydrogen-bond donors (Lipinski definition) is 0. The third-order valence-electron chi connectivity index (χ3n) is 4.43. The molecule has 0 rings (SSSR count). The summed E-state index contributed by atoms with van der Waals surface area (Å²) in [6.07, 6.45) is -9.78. The van der Waals surface area contributed by atoms with Gasteiger partial charge in [-0.3, -0.25) is 0 Å². The highest BCUT2D eigenvalue weighted by Gasteiger charge is 2.90. The van der Waals surface area contributed by atoms with Crippen LogP contribution in [0.3, 0.4) is 0 Å². The first kappa shape index (κ1) is 36.8. The lowest BCUT2D eigenvalue weighted by molar-refractivity contribution is -0.440. The van der Waals surface area contributed by atoms with Gasteiger partial charge in [0.05, 0.1) is 0 Å². The minimum absolute atomic E-state index is 1.13. The van der Waals surface area contributed by atoms with Gasteiger partial charge in [0.1, 0.15) is 0 Å². The minimum atomic E-state index is -7.92. The SMILES string of the molecule is C[Si](C)(C)O[Si](C)(C)O[Si](C)(CCC(F)(F)C(F)(F)C(F)(F)C(F)(F)C(F)(F)C(F)(F)F)O[Si](C)(C)C. The Labute approximate surface area is 210 Å². The Hall–Kier alpha value is -0.162. The summed E-state index contributed by atoms with van der Waals surface area (Å²) in [5, 5.41) is 0. The van der Waals surface area contributed by atoms with Gasteiger partial charge < -0.3 is 12.3 Å². The maximum atomic E-state index is 14.4. The van der Waals surface area contributed by atoms with Crippen LogP contribution < -0.4 is 0 Å². The summed E-state index contributed by atoms with van der Waals surface area (Å²) in [4.78, 5) is 0. The predicted octanol–water partition coefficient (Wildman–Crippen LogP) is 8.61. The van der Waals surface area contributed by atoms with Crippen molar-refractivity contribution in [2.24, 2.45) is 0 Å². The predicted molar refractivity (Wildman–Crippen MR) is 119 cm³/mol. The lowest BCUT2D eigenvalue weighted by Gasteiger charge is -2.43. The van der Waals surface area contributed by atoms with E-state index in [0.717, 1.165) is 6.55 Å². The quantitative estimate of drug-likeness (QED) is 0.149. The molecule has 0 spiro atoms. The molecule has 1 atom stereocenters. The van der Waals surface area contributed by atoms with Gasteiger partial charge >= 0.3 is 52.9 Å². The average Bonchev–Trinajstić information content (AvgIpc) is 2.53. The Bertz CT molecular complexity index is 793. The molecule has 0 N–H and O–H groups in total. The molecule has 0 fully saturated rings. The number of alkyl halides is 13. The van der Waals surface area contributed by atoms with Crippen molar-refractivity contribution in [3.63, 3.8) is 0 Å². The monoisotopic (exact) mass is 642 g/mol. The Balaban J connectivity index is 6.33. The van der Waals surface area contributed by atoms with E-state index in [-0.39, 0.29) is 0 Å². The van der Waals surface area contributed by atoms with Crippen LogP contribution in [-0.2, 0) is 12.3 Å². The molecular weight excluding hydrogens is 612 g/mol. The molecule has 0 amide bonds. The van der Waals surface area contributed by atoms with Gasteiger partial charge in [-0.1, -0.05) is 0 Å². The average molecular weight is 643 g/mol. The summed E-state index contributed by atoms with van der Waals surface area (Å²) in [5.74, 6) is -37.0. The van der Waals surface area contributed by atoms with Gasteiger partial charge in [-0.05, 0) is 65.0 Å². The Morgan fingerprint density at radius 3 is 1.14 bits per heavy atom. The highest BCUT2D eigenvalue weighted by molar-refractivity contribution is 6.89. The van der Waals surface area contributed by atoms with Crippen LogP contribution in [-0.4, -0.2) is 69.5 Å². The molecule has 20 heteroatoms. The van der Waals surface area contributed by atoms with Crippen molar-refractivity contribution in [3.8, 4) is 0 Å². The zero-order valence-electron chi connectivity index (χ0n) is 21.6. The van der Waals surface area contributed by atoms with Crippen LogP contribution in [0.1, 0.15) is 6.42 Å². The summed E-state index contributed by atoms with van der Waals surface area (Å²) in [5.41, 5.74) is 0. The lowest BCUT2D eigenvalue weighted by Crippen LogP contribution is -2.70. The molecule has 37 heavy (non-hydrogen) atoms. The largest absolute Gasteiger partial charge is 0.460 e. The van der Waals surface area contributed by atoms with Crippen molar-refractivity contribution in [1.82, 2.24) is 0 Å². The normalized spacial score (nSPS) is 17.7. The fourth-order valence-corrected chi connectivity index (χ4v) is 21.3. The van der Waals surface area contributed by atoms with Crippen LogP contribution in [0, 0.1) is 0 Å². The number of halogens is 13. The van der Waals surface area contributed by atoms with E-state index in [9.17, 15) is 57.1 Å². The summed E-state index contributed by atoms with van der Waals surface area (Å²) >= 11 is 0. The highest BCUT2D eigenvalue weighted by Crippen LogP contribution is 2.61. The van der Waals surface area contributed by atoms with Crippen molar-refractivity contribution in [2.75, 3.05) is 0 Å². The standard InChI is InChI=1S/C17H31F13O3Si4/c1-34(2,3)31-36(7,8)33-37(9,32-35(4,5)6)11-10-12(18,19)13(20,21)14(22,23)15(24,25)16(26,27)17(28,29)30/h10-11H2,1-9H3. The summed E-state index contributed by atoms with van der Waals surface area (Å²) in [6, 6.07) is -1.22. The molecule has 0 radical (unpaired) electrons.